The van der Waals surface area contributed by atoms with Crippen LogP contribution >= 0.6 is 0 Å². The normalized spacial score (nSPS) is 28.0. The van der Waals surface area contributed by atoms with Gasteiger partial charge >= 0.3 is 0 Å². The van der Waals surface area contributed by atoms with E-state index in [9.17, 15) is 4.79 Å². The van der Waals surface area contributed by atoms with E-state index in [4.69, 9.17) is 0 Å². The summed E-state index contributed by atoms with van der Waals surface area (Å²) in [5.41, 5.74) is 1.52. The van der Waals surface area contributed by atoms with Crippen molar-refractivity contribution in [2.45, 2.75) is 45.1 Å². The third-order valence-corrected chi connectivity index (χ3v) is 5.36. The molecule has 2 fully saturated rings. The summed E-state index contributed by atoms with van der Waals surface area (Å²) >= 11 is 0. The molecule has 2 aliphatic rings. The minimum absolute atomic E-state index is 0.120. The first kappa shape index (κ1) is 15.5. The van der Waals surface area contributed by atoms with Crippen molar-refractivity contribution >= 4 is 5.91 Å². The van der Waals surface area contributed by atoms with Gasteiger partial charge in [0.25, 0.3) is 0 Å². The summed E-state index contributed by atoms with van der Waals surface area (Å²) in [5, 5.41) is 3.06. The molecule has 2 atom stereocenters. The standard InChI is InChI=1S/C19H28N2O/c1-15(2)12-20-18(22)14-21-13-17-10-6-7-11-19(17,21)16-8-4-3-5-9-16/h3-5,8-9,15,17H,6-7,10-14H2,1-2H3,(H,20,22)/t17-,19+/m0/s1. The smallest absolute Gasteiger partial charge is 0.234 e. The van der Waals surface area contributed by atoms with Crippen LogP contribution in [0, 0.1) is 11.8 Å². The maximum Gasteiger partial charge on any atom is 0.234 e. The van der Waals surface area contributed by atoms with Gasteiger partial charge in [0, 0.05) is 13.1 Å². The Morgan fingerprint density at radius 2 is 2.09 bits per heavy atom. The number of carbonyl (C=O) groups is 1. The molecule has 3 rings (SSSR count). The van der Waals surface area contributed by atoms with E-state index in [1.54, 1.807) is 0 Å². The van der Waals surface area contributed by atoms with Gasteiger partial charge in [0.05, 0.1) is 12.1 Å². The fourth-order valence-electron chi connectivity index (χ4n) is 4.25. The second-order valence-electron chi connectivity index (χ2n) is 7.31. The Balaban J connectivity index is 1.73. The predicted octanol–water partition coefficient (Wildman–Crippen LogP) is 3.16. The Hall–Kier alpha value is -1.35. The second-order valence-corrected chi connectivity index (χ2v) is 7.31. The first-order valence-corrected chi connectivity index (χ1v) is 8.70. The average molecular weight is 300 g/mol. The van der Waals surface area contributed by atoms with Crippen molar-refractivity contribution in [3.63, 3.8) is 0 Å². The molecule has 3 nitrogen and oxygen atoms in total. The summed E-state index contributed by atoms with van der Waals surface area (Å²) in [4.78, 5) is 14.7. The molecule has 0 spiro atoms. The van der Waals surface area contributed by atoms with Gasteiger partial charge in [-0.1, -0.05) is 57.0 Å². The number of hydrogen-bond acceptors (Lipinski definition) is 2. The van der Waals surface area contributed by atoms with E-state index in [1.807, 2.05) is 0 Å². The Kier molecular flexibility index (Phi) is 4.53. The van der Waals surface area contributed by atoms with Crippen molar-refractivity contribution in [3.05, 3.63) is 35.9 Å². The van der Waals surface area contributed by atoms with Gasteiger partial charge in [-0.2, -0.15) is 0 Å². The zero-order valence-electron chi connectivity index (χ0n) is 13.8. The number of benzene rings is 1. The summed E-state index contributed by atoms with van der Waals surface area (Å²) in [6, 6.07) is 10.8. The van der Waals surface area contributed by atoms with E-state index in [0.717, 1.165) is 19.0 Å². The summed E-state index contributed by atoms with van der Waals surface area (Å²) in [6.45, 7) is 6.65. The Morgan fingerprint density at radius 1 is 1.32 bits per heavy atom. The number of likely N-dealkylation sites (tertiary alicyclic amines) is 1. The minimum atomic E-state index is 0.120. The zero-order chi connectivity index (χ0) is 15.6. The molecule has 1 aliphatic carbocycles. The molecule has 0 bridgehead atoms. The number of nitrogens with one attached hydrogen (secondary N) is 1. The number of rotatable bonds is 5. The first-order valence-electron chi connectivity index (χ1n) is 8.70. The van der Waals surface area contributed by atoms with Crippen molar-refractivity contribution in [1.82, 2.24) is 10.2 Å². The lowest BCUT2D eigenvalue weighted by Gasteiger charge is -2.61. The molecular weight excluding hydrogens is 272 g/mol. The van der Waals surface area contributed by atoms with E-state index in [2.05, 4.69) is 54.4 Å². The maximum atomic E-state index is 12.2. The molecule has 1 saturated heterocycles. The second kappa shape index (κ2) is 6.41. The summed E-state index contributed by atoms with van der Waals surface area (Å²) < 4.78 is 0. The van der Waals surface area contributed by atoms with Crippen LogP contribution in [0.15, 0.2) is 30.3 Å². The lowest BCUT2D eigenvalue weighted by atomic mass is 9.62. The van der Waals surface area contributed by atoms with Crippen molar-refractivity contribution in [1.29, 1.82) is 0 Å². The monoisotopic (exact) mass is 300 g/mol. The van der Waals surface area contributed by atoms with Crippen LogP contribution in [0.25, 0.3) is 0 Å². The van der Waals surface area contributed by atoms with Gasteiger partial charge in [-0.25, -0.2) is 0 Å². The molecule has 0 aromatic heterocycles. The molecule has 22 heavy (non-hydrogen) atoms. The van der Waals surface area contributed by atoms with Crippen molar-refractivity contribution in [2.24, 2.45) is 11.8 Å². The van der Waals surface area contributed by atoms with Gasteiger partial charge in [0.1, 0.15) is 0 Å². The van der Waals surface area contributed by atoms with E-state index in [-0.39, 0.29) is 11.4 Å². The lowest BCUT2D eigenvalue weighted by molar-refractivity contribution is -0.142. The van der Waals surface area contributed by atoms with Gasteiger partial charge < -0.3 is 5.32 Å². The van der Waals surface area contributed by atoms with E-state index in [1.165, 1.54) is 31.2 Å². The molecule has 1 aliphatic heterocycles. The van der Waals surface area contributed by atoms with Gasteiger partial charge in [0.15, 0.2) is 0 Å². The van der Waals surface area contributed by atoms with Crippen LogP contribution in [0.1, 0.15) is 45.1 Å². The molecule has 1 aromatic carbocycles. The van der Waals surface area contributed by atoms with Gasteiger partial charge in [-0.15, -0.1) is 0 Å². The van der Waals surface area contributed by atoms with Crippen LogP contribution in [0.5, 0.6) is 0 Å². The number of nitrogens with zero attached hydrogens (tertiary/aromatic N) is 1. The highest BCUT2D eigenvalue weighted by Crippen LogP contribution is 2.53. The molecule has 3 heteroatoms. The molecule has 1 saturated carbocycles. The van der Waals surface area contributed by atoms with E-state index >= 15 is 0 Å². The van der Waals surface area contributed by atoms with Crippen molar-refractivity contribution in [3.8, 4) is 0 Å². The molecule has 120 valence electrons. The van der Waals surface area contributed by atoms with Crippen LogP contribution < -0.4 is 5.32 Å². The highest BCUT2D eigenvalue weighted by atomic mass is 16.2. The number of amides is 1. The fraction of sp³-hybridized carbons (Fsp3) is 0.632. The third-order valence-electron chi connectivity index (χ3n) is 5.36. The maximum absolute atomic E-state index is 12.2. The van der Waals surface area contributed by atoms with E-state index < -0.39 is 0 Å². The van der Waals surface area contributed by atoms with Crippen molar-refractivity contribution in [2.75, 3.05) is 19.6 Å². The summed E-state index contributed by atoms with van der Waals surface area (Å²) in [5.74, 6) is 1.40. The molecule has 1 amide bonds. The molecule has 0 unspecified atom stereocenters. The van der Waals surface area contributed by atoms with Gasteiger partial charge in [-0.3, -0.25) is 9.69 Å². The highest BCUT2D eigenvalue weighted by molar-refractivity contribution is 5.78. The molecular formula is C19H28N2O. The zero-order valence-corrected chi connectivity index (χ0v) is 13.8. The average Bonchev–Trinajstić information content (AvgIpc) is 2.51. The number of fused-ring (bicyclic) bond motifs is 1. The van der Waals surface area contributed by atoms with Crippen LogP contribution in [0.2, 0.25) is 0 Å². The molecule has 1 heterocycles. The Bertz CT molecular complexity index is 513. The number of carbonyl (C=O) groups excluding carboxylic acids is 1. The Labute approximate surface area is 134 Å². The lowest BCUT2D eigenvalue weighted by Crippen LogP contribution is -2.67. The summed E-state index contributed by atoms with van der Waals surface area (Å²) in [6.07, 6.45) is 5.11. The Morgan fingerprint density at radius 3 is 2.77 bits per heavy atom. The minimum Gasteiger partial charge on any atom is -0.355 e. The third kappa shape index (κ3) is 2.79. The van der Waals surface area contributed by atoms with Crippen LogP contribution in [-0.2, 0) is 10.3 Å². The van der Waals surface area contributed by atoms with Crippen LogP contribution in [-0.4, -0.2) is 30.4 Å². The fourth-order valence-corrected chi connectivity index (χ4v) is 4.25. The van der Waals surface area contributed by atoms with Crippen molar-refractivity contribution < 1.29 is 4.79 Å². The molecule has 0 radical (unpaired) electrons. The quantitative estimate of drug-likeness (QED) is 0.906. The molecule has 1 N–H and O–H groups in total. The highest BCUT2D eigenvalue weighted by Gasteiger charge is 2.55. The predicted molar refractivity (Wildman–Crippen MR) is 89.5 cm³/mol. The summed E-state index contributed by atoms with van der Waals surface area (Å²) in [7, 11) is 0. The topological polar surface area (TPSA) is 32.3 Å². The van der Waals surface area contributed by atoms with Gasteiger partial charge in [-0.05, 0) is 30.2 Å². The molecule has 1 aromatic rings. The van der Waals surface area contributed by atoms with Crippen LogP contribution in [0.4, 0.5) is 0 Å². The van der Waals surface area contributed by atoms with Gasteiger partial charge in [0.2, 0.25) is 5.91 Å². The number of hydrogen-bond donors (Lipinski definition) is 1. The first-order chi connectivity index (χ1) is 10.6. The van der Waals surface area contributed by atoms with Crippen LogP contribution in [0.3, 0.4) is 0 Å². The largest absolute Gasteiger partial charge is 0.355 e. The van der Waals surface area contributed by atoms with E-state index in [0.29, 0.717) is 12.5 Å². The SMILES string of the molecule is CC(C)CNC(=O)CN1C[C@@H]2CCCC[C@@]21c1ccccc1.